The molecular weight excluding hydrogens is 238 g/mol. The van der Waals surface area contributed by atoms with Gasteiger partial charge in [0.15, 0.2) is 0 Å². The maximum atomic E-state index is 9.28. The first-order valence-corrected chi connectivity index (χ1v) is 7.35. The highest BCUT2D eigenvalue weighted by Crippen LogP contribution is 2.16. The second kappa shape index (κ2) is 10.2. The molecule has 0 aromatic rings. The Hall–Kier alpha value is -0.630. The fraction of sp³-hybridized carbons (Fsp3) is 0.933. The van der Waals surface area contributed by atoms with E-state index in [4.69, 9.17) is 4.74 Å². The van der Waals surface area contributed by atoms with Gasteiger partial charge in [0.05, 0.1) is 12.7 Å². The number of ether oxygens (including phenoxy) is 1. The zero-order valence-corrected chi connectivity index (χ0v) is 13.3. The number of hydrogen-bond acceptors (Lipinski definition) is 4. The topological polar surface area (TPSA) is 48.3 Å². The van der Waals surface area contributed by atoms with E-state index in [2.05, 4.69) is 37.1 Å². The Balaban J connectivity index is 4.19. The molecule has 0 saturated carbocycles. The van der Waals surface area contributed by atoms with Crippen LogP contribution in [-0.4, -0.2) is 50.8 Å². The van der Waals surface area contributed by atoms with Crippen LogP contribution in [0.25, 0.3) is 0 Å². The number of rotatable bonds is 11. The Morgan fingerprint density at radius 2 is 2.05 bits per heavy atom. The molecule has 0 bridgehead atoms. The summed E-state index contributed by atoms with van der Waals surface area (Å²) in [5.74, 6) is 0.660. The summed E-state index contributed by atoms with van der Waals surface area (Å²) < 4.78 is 5.16. The van der Waals surface area contributed by atoms with Crippen LogP contribution in [-0.2, 0) is 4.74 Å². The van der Waals surface area contributed by atoms with Crippen LogP contribution in [0.5, 0.6) is 0 Å². The van der Waals surface area contributed by atoms with Crippen LogP contribution in [0.1, 0.15) is 40.0 Å². The van der Waals surface area contributed by atoms with Crippen LogP contribution in [0, 0.1) is 17.2 Å². The van der Waals surface area contributed by atoms with E-state index in [1.165, 1.54) is 0 Å². The van der Waals surface area contributed by atoms with Crippen molar-refractivity contribution in [1.29, 1.82) is 5.26 Å². The van der Waals surface area contributed by atoms with Crippen molar-refractivity contribution in [1.82, 2.24) is 10.2 Å². The van der Waals surface area contributed by atoms with Gasteiger partial charge in [-0.2, -0.15) is 5.26 Å². The zero-order valence-electron chi connectivity index (χ0n) is 13.3. The second-order valence-corrected chi connectivity index (χ2v) is 5.59. The lowest BCUT2D eigenvalue weighted by molar-refractivity contribution is 0.137. The van der Waals surface area contributed by atoms with Crippen molar-refractivity contribution >= 4 is 0 Å². The summed E-state index contributed by atoms with van der Waals surface area (Å²) in [4.78, 5) is 2.43. The van der Waals surface area contributed by atoms with Gasteiger partial charge in [-0.25, -0.2) is 0 Å². The zero-order chi connectivity index (χ0) is 14.7. The summed E-state index contributed by atoms with van der Waals surface area (Å²) in [5.41, 5.74) is -0.356. The first kappa shape index (κ1) is 18.4. The van der Waals surface area contributed by atoms with Gasteiger partial charge >= 0.3 is 0 Å². The molecular formula is C15H31N3O. The summed E-state index contributed by atoms with van der Waals surface area (Å²) >= 11 is 0. The van der Waals surface area contributed by atoms with E-state index in [9.17, 15) is 5.26 Å². The van der Waals surface area contributed by atoms with E-state index in [1.54, 1.807) is 7.11 Å². The lowest BCUT2D eigenvalue weighted by atomic mass is 9.92. The number of methoxy groups -OCH3 is 1. The van der Waals surface area contributed by atoms with Crippen molar-refractivity contribution in [2.24, 2.45) is 5.92 Å². The molecule has 0 saturated heterocycles. The molecule has 0 fully saturated rings. The van der Waals surface area contributed by atoms with E-state index in [1.807, 2.05) is 7.05 Å². The van der Waals surface area contributed by atoms with Gasteiger partial charge in [0.2, 0.25) is 0 Å². The van der Waals surface area contributed by atoms with Crippen molar-refractivity contribution in [2.75, 3.05) is 40.4 Å². The minimum atomic E-state index is -0.356. The fourth-order valence-corrected chi connectivity index (χ4v) is 2.31. The molecule has 0 rings (SSSR count). The Morgan fingerprint density at radius 1 is 1.37 bits per heavy atom. The minimum Gasteiger partial charge on any atom is -0.383 e. The monoisotopic (exact) mass is 269 g/mol. The first-order chi connectivity index (χ1) is 9.03. The van der Waals surface area contributed by atoms with Crippen molar-refractivity contribution in [2.45, 2.75) is 45.6 Å². The second-order valence-electron chi connectivity index (χ2n) is 5.59. The Kier molecular flexibility index (Phi) is 9.85. The summed E-state index contributed by atoms with van der Waals surface area (Å²) in [7, 11) is 3.62. The molecule has 0 aromatic carbocycles. The van der Waals surface area contributed by atoms with Crippen LogP contribution in [0.4, 0.5) is 0 Å². The van der Waals surface area contributed by atoms with E-state index in [-0.39, 0.29) is 5.54 Å². The smallest absolute Gasteiger partial charge is 0.106 e. The van der Waals surface area contributed by atoms with Crippen LogP contribution in [0.3, 0.4) is 0 Å². The highest BCUT2D eigenvalue weighted by molar-refractivity contribution is 5.05. The summed E-state index contributed by atoms with van der Waals surface area (Å²) in [6.07, 6.45) is 2.79. The third kappa shape index (κ3) is 7.51. The van der Waals surface area contributed by atoms with Crippen molar-refractivity contribution < 1.29 is 4.74 Å². The quantitative estimate of drug-likeness (QED) is 0.625. The lowest BCUT2D eigenvalue weighted by Gasteiger charge is -2.28. The third-order valence-corrected chi connectivity index (χ3v) is 3.61. The van der Waals surface area contributed by atoms with Crippen molar-refractivity contribution in [3.63, 3.8) is 0 Å². The molecule has 4 nitrogen and oxygen atoms in total. The Morgan fingerprint density at radius 3 is 2.47 bits per heavy atom. The first-order valence-electron chi connectivity index (χ1n) is 7.35. The van der Waals surface area contributed by atoms with E-state index >= 15 is 0 Å². The molecule has 0 radical (unpaired) electrons. The molecule has 0 spiro atoms. The third-order valence-electron chi connectivity index (χ3n) is 3.61. The summed E-state index contributed by atoms with van der Waals surface area (Å²) in [6.45, 7) is 10.4. The molecule has 4 heteroatoms. The van der Waals surface area contributed by atoms with Gasteiger partial charge in [0, 0.05) is 20.2 Å². The molecule has 1 atom stereocenters. The van der Waals surface area contributed by atoms with Crippen LogP contribution in [0.2, 0.25) is 0 Å². The van der Waals surface area contributed by atoms with Gasteiger partial charge in [-0.15, -0.1) is 0 Å². The van der Waals surface area contributed by atoms with Gasteiger partial charge in [0.1, 0.15) is 5.54 Å². The molecule has 0 aliphatic rings. The highest BCUT2D eigenvalue weighted by atomic mass is 16.5. The van der Waals surface area contributed by atoms with Gasteiger partial charge < -0.3 is 15.0 Å². The molecule has 0 aliphatic heterocycles. The minimum absolute atomic E-state index is 0.356. The van der Waals surface area contributed by atoms with Crippen molar-refractivity contribution in [3.05, 3.63) is 0 Å². The predicted molar refractivity (Wildman–Crippen MR) is 80.1 cm³/mol. The van der Waals surface area contributed by atoms with Crippen molar-refractivity contribution in [3.8, 4) is 6.07 Å². The molecule has 0 aromatic heterocycles. The number of nitrogens with one attached hydrogen (secondary N) is 1. The molecule has 0 aliphatic carbocycles. The lowest BCUT2D eigenvalue weighted by Crippen LogP contribution is -2.42. The summed E-state index contributed by atoms with van der Waals surface area (Å²) in [6, 6.07) is 2.42. The Labute approximate surface area is 119 Å². The standard InChI is InChI=1S/C15H31N3O/c1-6-15(13-16,17-4)8-7-9-18(10-11-19-5)12-14(2)3/h14,17H,6-12H2,1-5H3. The summed E-state index contributed by atoms with van der Waals surface area (Å²) in [5, 5.41) is 12.5. The average Bonchev–Trinajstić information content (AvgIpc) is 2.40. The molecule has 0 heterocycles. The van der Waals surface area contributed by atoms with Crippen LogP contribution < -0.4 is 5.32 Å². The Bertz CT molecular complexity index is 257. The van der Waals surface area contributed by atoms with E-state index in [0.717, 1.165) is 45.5 Å². The van der Waals surface area contributed by atoms with E-state index in [0.29, 0.717) is 5.92 Å². The molecule has 19 heavy (non-hydrogen) atoms. The largest absolute Gasteiger partial charge is 0.383 e. The van der Waals surface area contributed by atoms with E-state index < -0.39 is 0 Å². The maximum Gasteiger partial charge on any atom is 0.106 e. The van der Waals surface area contributed by atoms with Crippen LogP contribution in [0.15, 0.2) is 0 Å². The maximum absolute atomic E-state index is 9.28. The highest BCUT2D eigenvalue weighted by Gasteiger charge is 2.25. The number of nitriles is 1. The predicted octanol–water partition coefficient (Wildman–Crippen LogP) is 2.26. The average molecular weight is 269 g/mol. The fourth-order valence-electron chi connectivity index (χ4n) is 2.31. The molecule has 1 N–H and O–H groups in total. The molecule has 1 unspecified atom stereocenters. The normalized spacial score (nSPS) is 14.6. The number of hydrogen-bond donors (Lipinski definition) is 1. The van der Waals surface area contributed by atoms with Gasteiger partial charge in [0.25, 0.3) is 0 Å². The SMILES string of the molecule is CCC(C#N)(CCCN(CCOC)CC(C)C)NC. The van der Waals surface area contributed by atoms with Gasteiger partial charge in [-0.3, -0.25) is 0 Å². The molecule has 112 valence electrons. The van der Waals surface area contributed by atoms with Gasteiger partial charge in [-0.1, -0.05) is 20.8 Å². The van der Waals surface area contributed by atoms with Gasteiger partial charge in [-0.05, 0) is 38.8 Å². The van der Waals surface area contributed by atoms with Crippen LogP contribution >= 0.6 is 0 Å². The molecule has 0 amide bonds. The number of nitrogens with zero attached hydrogens (tertiary/aromatic N) is 2.